The quantitative estimate of drug-likeness (QED) is 0.583. The molecule has 0 saturated carbocycles. The monoisotopic (exact) mass is 422 g/mol. The van der Waals surface area contributed by atoms with E-state index in [1.54, 1.807) is 12.1 Å². The van der Waals surface area contributed by atoms with Crippen molar-refractivity contribution in [3.63, 3.8) is 0 Å². The highest BCUT2D eigenvalue weighted by molar-refractivity contribution is 7.15. The van der Waals surface area contributed by atoms with Gasteiger partial charge in [0, 0.05) is 35.9 Å². The topological polar surface area (TPSA) is 92.3 Å². The second kappa shape index (κ2) is 8.31. The van der Waals surface area contributed by atoms with Crippen LogP contribution in [0.15, 0.2) is 36.4 Å². The molecule has 0 saturated heterocycles. The van der Waals surface area contributed by atoms with Gasteiger partial charge in [-0.2, -0.15) is 0 Å². The summed E-state index contributed by atoms with van der Waals surface area (Å²) in [5.41, 5.74) is 1.05. The van der Waals surface area contributed by atoms with E-state index in [-0.39, 0.29) is 30.7 Å². The van der Waals surface area contributed by atoms with E-state index in [0.29, 0.717) is 34.0 Å². The number of rotatable bonds is 7. The number of imide groups is 1. The number of amides is 3. The van der Waals surface area contributed by atoms with Crippen molar-refractivity contribution in [2.24, 2.45) is 5.92 Å². The maximum Gasteiger partial charge on any atom is 0.261 e. The maximum absolute atomic E-state index is 12.9. The van der Waals surface area contributed by atoms with Gasteiger partial charge < -0.3 is 5.32 Å². The molecule has 0 bridgehead atoms. The molecule has 0 spiro atoms. The lowest BCUT2D eigenvalue weighted by Crippen LogP contribution is -2.41. The average Bonchev–Trinajstić information content (AvgIpc) is 3.14. The Morgan fingerprint density at radius 2 is 1.73 bits per heavy atom. The van der Waals surface area contributed by atoms with E-state index in [0.717, 1.165) is 16.8 Å². The highest BCUT2D eigenvalue weighted by Gasteiger charge is 2.32. The Hall–Kier alpha value is -3.13. The van der Waals surface area contributed by atoms with Gasteiger partial charge >= 0.3 is 0 Å². The average molecular weight is 423 g/mol. The number of hydrogen-bond acceptors (Lipinski definition) is 6. The van der Waals surface area contributed by atoms with Crippen molar-refractivity contribution in [1.29, 1.82) is 0 Å². The molecule has 0 fully saturated rings. The third-order valence-electron chi connectivity index (χ3n) is 4.94. The number of hydrogen-bond donors (Lipinski definition) is 1. The largest absolute Gasteiger partial charge is 0.301 e. The fourth-order valence-electron chi connectivity index (χ4n) is 3.60. The lowest BCUT2D eigenvalue weighted by Gasteiger charge is -2.27. The Bertz CT molecular complexity index is 1090. The van der Waals surface area contributed by atoms with Crippen molar-refractivity contribution in [1.82, 2.24) is 15.1 Å². The minimum atomic E-state index is -0.313. The molecule has 154 valence electrons. The number of carbonyl (C=O) groups excluding carboxylic acids is 3. The molecule has 7 nitrogen and oxygen atoms in total. The van der Waals surface area contributed by atoms with E-state index in [9.17, 15) is 14.4 Å². The zero-order valence-corrected chi connectivity index (χ0v) is 17.7. The zero-order chi connectivity index (χ0) is 21.3. The Morgan fingerprint density at radius 3 is 2.37 bits per heavy atom. The number of nitrogens with zero attached hydrogens (tertiary/aromatic N) is 3. The van der Waals surface area contributed by atoms with Crippen molar-refractivity contribution in [3.8, 4) is 0 Å². The number of benzene rings is 2. The molecule has 0 atom stereocenters. The molecule has 1 aromatic heterocycles. The van der Waals surface area contributed by atoms with E-state index in [2.05, 4.69) is 29.4 Å². The van der Waals surface area contributed by atoms with Gasteiger partial charge in [0.2, 0.25) is 11.0 Å². The van der Waals surface area contributed by atoms with Gasteiger partial charge in [-0.15, -0.1) is 10.2 Å². The lowest BCUT2D eigenvalue weighted by molar-refractivity contribution is -0.116. The SMILES string of the molecule is CC(C)Cc1nnc(NC(=O)CCCN2C(=O)c3cccc4cccc(c34)C2=O)s1. The van der Waals surface area contributed by atoms with E-state index in [1.807, 2.05) is 24.3 Å². The van der Waals surface area contributed by atoms with Crippen molar-refractivity contribution < 1.29 is 14.4 Å². The summed E-state index contributed by atoms with van der Waals surface area (Å²) >= 11 is 1.37. The van der Waals surface area contributed by atoms with Gasteiger partial charge in [0.05, 0.1) is 0 Å². The summed E-state index contributed by atoms with van der Waals surface area (Å²) in [5, 5.41) is 13.8. The molecular formula is C22H22N4O3S. The van der Waals surface area contributed by atoms with Crippen molar-refractivity contribution in [3.05, 3.63) is 52.5 Å². The Labute approximate surface area is 178 Å². The van der Waals surface area contributed by atoms with Gasteiger partial charge in [-0.3, -0.25) is 19.3 Å². The summed E-state index contributed by atoms with van der Waals surface area (Å²) in [5.74, 6) is -0.363. The summed E-state index contributed by atoms with van der Waals surface area (Å²) in [6, 6.07) is 10.9. The smallest absolute Gasteiger partial charge is 0.261 e. The van der Waals surface area contributed by atoms with Gasteiger partial charge in [-0.05, 0) is 29.9 Å². The molecule has 30 heavy (non-hydrogen) atoms. The standard InChI is InChI=1S/C22H22N4O3S/c1-13(2)12-18-24-25-22(30-18)23-17(27)10-5-11-26-20(28)15-8-3-6-14-7-4-9-16(19(14)15)21(26)29/h3-4,6-9,13H,5,10-12H2,1-2H3,(H,23,25,27). The maximum atomic E-state index is 12.9. The van der Waals surface area contributed by atoms with Crippen LogP contribution in [0.2, 0.25) is 0 Å². The van der Waals surface area contributed by atoms with Crippen LogP contribution < -0.4 is 5.32 Å². The van der Waals surface area contributed by atoms with Crippen LogP contribution in [0.25, 0.3) is 10.8 Å². The summed E-state index contributed by atoms with van der Waals surface area (Å²) in [6.45, 7) is 4.38. The van der Waals surface area contributed by atoms with Gasteiger partial charge in [-0.25, -0.2) is 0 Å². The zero-order valence-electron chi connectivity index (χ0n) is 16.8. The molecular weight excluding hydrogens is 400 g/mol. The fraction of sp³-hybridized carbons (Fsp3) is 0.318. The predicted octanol–water partition coefficient (Wildman–Crippen LogP) is 3.90. The lowest BCUT2D eigenvalue weighted by atomic mass is 9.94. The number of anilines is 1. The first-order chi connectivity index (χ1) is 14.4. The molecule has 2 aromatic carbocycles. The van der Waals surface area contributed by atoms with Crippen LogP contribution in [-0.2, 0) is 11.2 Å². The predicted molar refractivity (Wildman–Crippen MR) is 116 cm³/mol. The molecule has 2 heterocycles. The van der Waals surface area contributed by atoms with Crippen LogP contribution in [0.5, 0.6) is 0 Å². The first-order valence-corrected chi connectivity index (χ1v) is 10.8. The molecule has 0 aliphatic carbocycles. The van der Waals surface area contributed by atoms with Crippen molar-refractivity contribution >= 4 is 45.0 Å². The second-order valence-electron chi connectivity index (χ2n) is 7.72. The summed E-state index contributed by atoms with van der Waals surface area (Å²) in [4.78, 5) is 39.2. The highest BCUT2D eigenvalue weighted by atomic mass is 32.1. The number of carbonyl (C=O) groups is 3. The van der Waals surface area contributed by atoms with Gasteiger partial charge in [0.1, 0.15) is 5.01 Å². The molecule has 0 radical (unpaired) electrons. The second-order valence-corrected chi connectivity index (χ2v) is 8.78. The van der Waals surface area contributed by atoms with Crippen LogP contribution in [0, 0.1) is 5.92 Å². The normalized spacial score (nSPS) is 13.4. The summed E-state index contributed by atoms with van der Waals surface area (Å²) in [6.07, 6.45) is 1.38. The van der Waals surface area contributed by atoms with Gasteiger partial charge in [0.15, 0.2) is 0 Å². The summed E-state index contributed by atoms with van der Waals surface area (Å²) < 4.78 is 0. The molecule has 0 unspecified atom stereocenters. The number of aromatic nitrogens is 2. The molecule has 8 heteroatoms. The van der Waals surface area contributed by atoms with Crippen LogP contribution in [-0.4, -0.2) is 39.4 Å². The molecule has 1 aliphatic heterocycles. The molecule has 4 rings (SSSR count). The van der Waals surface area contributed by atoms with E-state index >= 15 is 0 Å². The highest BCUT2D eigenvalue weighted by Crippen LogP contribution is 2.30. The molecule has 3 amide bonds. The minimum absolute atomic E-state index is 0.183. The number of nitrogens with one attached hydrogen (secondary N) is 1. The third-order valence-corrected chi connectivity index (χ3v) is 5.80. The first-order valence-electron chi connectivity index (χ1n) is 9.94. The van der Waals surface area contributed by atoms with E-state index in [4.69, 9.17) is 0 Å². The van der Waals surface area contributed by atoms with Gasteiger partial charge in [0.25, 0.3) is 11.8 Å². The van der Waals surface area contributed by atoms with Crippen LogP contribution >= 0.6 is 11.3 Å². The molecule has 3 aromatic rings. The van der Waals surface area contributed by atoms with Crippen molar-refractivity contribution in [2.45, 2.75) is 33.1 Å². The van der Waals surface area contributed by atoms with Crippen LogP contribution in [0.4, 0.5) is 5.13 Å². The van der Waals surface area contributed by atoms with E-state index in [1.165, 1.54) is 16.2 Å². The van der Waals surface area contributed by atoms with Crippen LogP contribution in [0.3, 0.4) is 0 Å². The third kappa shape index (κ3) is 3.95. The van der Waals surface area contributed by atoms with E-state index < -0.39 is 0 Å². The van der Waals surface area contributed by atoms with Crippen molar-refractivity contribution in [2.75, 3.05) is 11.9 Å². The minimum Gasteiger partial charge on any atom is -0.301 e. The Kier molecular flexibility index (Phi) is 5.59. The summed E-state index contributed by atoms with van der Waals surface area (Å²) in [7, 11) is 0. The fourth-order valence-corrected chi connectivity index (χ4v) is 4.57. The first kappa shape index (κ1) is 20.2. The Morgan fingerprint density at radius 1 is 1.07 bits per heavy atom. The van der Waals surface area contributed by atoms with Gasteiger partial charge in [-0.1, -0.05) is 49.4 Å². The molecule has 1 aliphatic rings. The molecule has 1 N–H and O–H groups in total. The van der Waals surface area contributed by atoms with Crippen LogP contribution in [0.1, 0.15) is 52.4 Å². The Balaban J connectivity index is 1.37.